The fraction of sp³-hybridized carbons (Fsp3) is 0.857. The Morgan fingerprint density at radius 3 is 2.59 bits per heavy atom. The van der Waals surface area contributed by atoms with E-state index in [1.165, 1.54) is 0 Å². The van der Waals surface area contributed by atoms with Crippen LogP contribution in [-0.2, 0) is 14.3 Å². The Balaban J connectivity index is 2.19. The predicted octanol–water partition coefficient (Wildman–Crippen LogP) is 2.00. The van der Waals surface area contributed by atoms with Crippen LogP contribution in [-0.4, -0.2) is 79.9 Å². The van der Waals surface area contributed by atoms with E-state index in [4.69, 9.17) is 14.7 Å². The fourth-order valence-electron chi connectivity index (χ4n) is 3.57. The quantitative estimate of drug-likeness (QED) is 0.660. The Morgan fingerprint density at radius 2 is 2.03 bits per heavy atom. The monoisotopic (exact) mass is 408 g/mol. The molecule has 2 aliphatic rings. The number of hydrogen-bond donors (Lipinski definition) is 1. The van der Waals surface area contributed by atoms with Crippen molar-refractivity contribution in [1.29, 1.82) is 5.26 Å². The first kappa shape index (κ1) is 23.4. The summed E-state index contributed by atoms with van der Waals surface area (Å²) in [4.78, 5) is 29.6. The number of nitrogens with zero attached hydrogens (tertiary/aromatic N) is 3. The molecule has 2 atom stereocenters. The van der Waals surface area contributed by atoms with Crippen molar-refractivity contribution >= 4 is 12.0 Å². The van der Waals surface area contributed by atoms with Gasteiger partial charge < -0.3 is 24.6 Å². The van der Waals surface area contributed by atoms with Crippen LogP contribution in [0.2, 0.25) is 0 Å². The van der Waals surface area contributed by atoms with Gasteiger partial charge in [0.1, 0.15) is 0 Å². The molecule has 0 aromatic heterocycles. The minimum Gasteiger partial charge on any atom is -0.436 e. The van der Waals surface area contributed by atoms with E-state index in [1.54, 1.807) is 9.80 Å². The van der Waals surface area contributed by atoms with Crippen molar-refractivity contribution in [2.45, 2.75) is 59.1 Å². The largest absolute Gasteiger partial charge is 0.436 e. The molecule has 1 N–H and O–H groups in total. The van der Waals surface area contributed by atoms with Gasteiger partial charge in [-0.1, -0.05) is 27.7 Å². The average Bonchev–Trinajstić information content (AvgIpc) is 3.22. The summed E-state index contributed by atoms with van der Waals surface area (Å²) < 4.78 is 11.1. The second-order valence-electron chi connectivity index (χ2n) is 8.91. The van der Waals surface area contributed by atoms with Crippen LogP contribution in [0, 0.1) is 22.7 Å². The summed E-state index contributed by atoms with van der Waals surface area (Å²) in [6, 6.07) is 2.16. The van der Waals surface area contributed by atoms with Gasteiger partial charge in [-0.15, -0.1) is 0 Å². The minimum absolute atomic E-state index is 0.0302. The van der Waals surface area contributed by atoms with E-state index in [0.29, 0.717) is 51.7 Å². The molecule has 0 aliphatic carbocycles. The highest BCUT2D eigenvalue weighted by atomic mass is 16.6. The number of rotatable bonds is 8. The van der Waals surface area contributed by atoms with Gasteiger partial charge in [0.15, 0.2) is 6.10 Å². The maximum absolute atomic E-state index is 13.5. The number of hydrogen-bond acceptors (Lipinski definition) is 6. The Morgan fingerprint density at radius 1 is 1.34 bits per heavy atom. The Hall–Kier alpha value is -1.85. The van der Waals surface area contributed by atoms with Crippen LogP contribution in [0.5, 0.6) is 0 Å². The van der Waals surface area contributed by atoms with Crippen molar-refractivity contribution in [3.8, 4) is 6.07 Å². The average molecular weight is 409 g/mol. The van der Waals surface area contributed by atoms with E-state index in [0.717, 1.165) is 13.0 Å². The molecule has 8 heteroatoms. The summed E-state index contributed by atoms with van der Waals surface area (Å²) in [6.45, 7) is 12.2. The van der Waals surface area contributed by atoms with Crippen LogP contribution in [0.3, 0.4) is 0 Å². The van der Waals surface area contributed by atoms with Crippen LogP contribution in [0.4, 0.5) is 4.79 Å². The lowest BCUT2D eigenvalue weighted by molar-refractivity contribution is -0.145. The molecule has 164 valence electrons. The summed E-state index contributed by atoms with van der Waals surface area (Å²) in [6.07, 6.45) is 0.232. The Kier molecular flexibility index (Phi) is 8.72. The lowest BCUT2D eigenvalue weighted by Crippen LogP contribution is -2.51. The second kappa shape index (κ2) is 10.8. The highest BCUT2D eigenvalue weighted by Gasteiger charge is 2.38. The van der Waals surface area contributed by atoms with Crippen molar-refractivity contribution in [1.82, 2.24) is 15.1 Å². The van der Waals surface area contributed by atoms with Gasteiger partial charge in [0.25, 0.3) is 5.91 Å². The lowest BCUT2D eigenvalue weighted by Gasteiger charge is -2.37. The molecule has 0 radical (unpaired) electrons. The number of carbonyl (C=O) groups excluding carboxylic acids is 2. The molecule has 2 unspecified atom stereocenters. The van der Waals surface area contributed by atoms with Crippen LogP contribution in [0.25, 0.3) is 0 Å². The molecular weight excluding hydrogens is 372 g/mol. The number of carbonyl (C=O) groups is 2. The normalized spacial score (nSPS) is 21.0. The molecule has 2 fully saturated rings. The molecule has 0 saturated carbocycles. The molecule has 8 nitrogen and oxygen atoms in total. The van der Waals surface area contributed by atoms with Crippen molar-refractivity contribution in [3.63, 3.8) is 0 Å². The summed E-state index contributed by atoms with van der Waals surface area (Å²) in [5, 5.41) is 12.3. The first-order valence-electron chi connectivity index (χ1n) is 10.7. The number of nitrogens with one attached hydrogen (secondary N) is 1. The Bertz CT molecular complexity index is 590. The summed E-state index contributed by atoms with van der Waals surface area (Å²) >= 11 is 0. The zero-order valence-corrected chi connectivity index (χ0v) is 18.3. The van der Waals surface area contributed by atoms with Crippen molar-refractivity contribution in [2.75, 3.05) is 45.9 Å². The standard InChI is InChI=1S/C21H36N4O4/c1-16(2)21(3,4)14-18(29-20(27)24-10-12-28-13-11-24)19(26)25(9-5-7-22)17-6-8-23-15-17/h16-18,23H,5-6,8-15H2,1-4H3. The van der Waals surface area contributed by atoms with Gasteiger partial charge in [-0.05, 0) is 30.7 Å². The van der Waals surface area contributed by atoms with Crippen LogP contribution in [0.15, 0.2) is 0 Å². The van der Waals surface area contributed by atoms with Crippen LogP contribution in [0.1, 0.15) is 47.0 Å². The molecule has 29 heavy (non-hydrogen) atoms. The van der Waals surface area contributed by atoms with E-state index in [9.17, 15) is 9.59 Å². The first-order valence-corrected chi connectivity index (χ1v) is 10.7. The molecule has 0 bridgehead atoms. The summed E-state index contributed by atoms with van der Waals surface area (Å²) in [5.74, 6) is 0.130. The summed E-state index contributed by atoms with van der Waals surface area (Å²) in [5.41, 5.74) is -0.180. The maximum atomic E-state index is 13.5. The predicted molar refractivity (Wildman–Crippen MR) is 109 cm³/mol. The lowest BCUT2D eigenvalue weighted by atomic mass is 9.76. The molecule has 0 aromatic rings. The first-order chi connectivity index (χ1) is 13.8. The second-order valence-corrected chi connectivity index (χ2v) is 8.91. The third kappa shape index (κ3) is 6.58. The topological polar surface area (TPSA) is 94.9 Å². The van der Waals surface area contributed by atoms with E-state index < -0.39 is 12.2 Å². The van der Waals surface area contributed by atoms with Gasteiger partial charge in [0.2, 0.25) is 0 Å². The number of morpholine rings is 1. The number of nitriles is 1. The number of ether oxygens (including phenoxy) is 2. The van der Waals surface area contributed by atoms with Gasteiger partial charge in [-0.25, -0.2) is 4.79 Å². The zero-order chi connectivity index (χ0) is 21.4. The van der Waals surface area contributed by atoms with Gasteiger partial charge in [-0.3, -0.25) is 4.79 Å². The van der Waals surface area contributed by atoms with Gasteiger partial charge in [0, 0.05) is 32.2 Å². The van der Waals surface area contributed by atoms with Crippen molar-refractivity contribution in [2.24, 2.45) is 11.3 Å². The van der Waals surface area contributed by atoms with E-state index in [2.05, 4.69) is 39.1 Å². The SMILES string of the molecule is CC(C)C(C)(C)CC(OC(=O)N1CCOCC1)C(=O)N(CCC#N)C1CCNC1. The number of amides is 2. The maximum Gasteiger partial charge on any atom is 0.410 e. The third-order valence-corrected chi connectivity index (χ3v) is 6.28. The van der Waals surface area contributed by atoms with E-state index in [-0.39, 0.29) is 23.8 Å². The van der Waals surface area contributed by atoms with Crippen molar-refractivity contribution in [3.05, 3.63) is 0 Å². The molecule has 2 amide bonds. The molecule has 0 aromatic carbocycles. The summed E-state index contributed by atoms with van der Waals surface area (Å²) in [7, 11) is 0. The minimum atomic E-state index is -0.859. The van der Waals surface area contributed by atoms with E-state index in [1.807, 2.05) is 0 Å². The molecule has 2 saturated heterocycles. The fourth-order valence-corrected chi connectivity index (χ4v) is 3.57. The van der Waals surface area contributed by atoms with Crippen LogP contribution < -0.4 is 5.32 Å². The highest BCUT2D eigenvalue weighted by molar-refractivity contribution is 5.84. The highest BCUT2D eigenvalue weighted by Crippen LogP contribution is 2.33. The third-order valence-electron chi connectivity index (χ3n) is 6.28. The van der Waals surface area contributed by atoms with Crippen molar-refractivity contribution < 1.29 is 19.1 Å². The molecule has 2 rings (SSSR count). The molecule has 0 spiro atoms. The molecular formula is C21H36N4O4. The van der Waals surface area contributed by atoms with E-state index >= 15 is 0 Å². The van der Waals surface area contributed by atoms with Gasteiger partial charge >= 0.3 is 6.09 Å². The smallest absolute Gasteiger partial charge is 0.410 e. The van der Waals surface area contributed by atoms with Crippen LogP contribution >= 0.6 is 0 Å². The Labute approximate surface area is 174 Å². The molecule has 2 heterocycles. The zero-order valence-electron chi connectivity index (χ0n) is 18.3. The molecule has 2 aliphatic heterocycles. The van der Waals surface area contributed by atoms with Gasteiger partial charge in [-0.2, -0.15) is 5.26 Å². The van der Waals surface area contributed by atoms with Gasteiger partial charge in [0.05, 0.1) is 25.7 Å².